The van der Waals surface area contributed by atoms with Gasteiger partial charge in [0.15, 0.2) is 0 Å². The van der Waals surface area contributed by atoms with Crippen LogP contribution in [-0.2, 0) is 24.0 Å². The molecule has 4 nitrogen and oxygen atoms in total. The van der Waals surface area contributed by atoms with Gasteiger partial charge in [-0.05, 0) is 78.7 Å². The van der Waals surface area contributed by atoms with Gasteiger partial charge < -0.3 is 19.6 Å². The summed E-state index contributed by atoms with van der Waals surface area (Å²) in [5.41, 5.74) is 2.93. The van der Waals surface area contributed by atoms with Gasteiger partial charge in [-0.1, -0.05) is 36.6 Å². The van der Waals surface area contributed by atoms with E-state index in [4.69, 9.17) is 4.74 Å². The van der Waals surface area contributed by atoms with Crippen LogP contribution in [0.15, 0.2) is 36.4 Å². The van der Waals surface area contributed by atoms with Crippen molar-refractivity contribution in [2.24, 2.45) is 0 Å². The van der Waals surface area contributed by atoms with Crippen molar-refractivity contribution in [3.05, 3.63) is 64.3 Å². The molecular formula is C26H24CaF3NO3. The number of benzene rings is 2. The summed E-state index contributed by atoms with van der Waals surface area (Å²) in [5, 5.41) is 11.9. The zero-order chi connectivity index (χ0) is 23.2. The van der Waals surface area contributed by atoms with Gasteiger partial charge >= 0.3 is 43.9 Å². The molecule has 0 bridgehead atoms. The number of carboxylic acid groups (broad SMARTS) is 1. The van der Waals surface area contributed by atoms with Crippen molar-refractivity contribution in [3.8, 4) is 5.75 Å². The van der Waals surface area contributed by atoms with E-state index in [-0.39, 0.29) is 62.6 Å². The van der Waals surface area contributed by atoms with Crippen LogP contribution in [0.2, 0.25) is 0 Å². The number of aliphatic carboxylic acids is 1. The average molecular weight is 496 g/mol. The van der Waals surface area contributed by atoms with Crippen LogP contribution >= 0.6 is 0 Å². The molecule has 1 aromatic heterocycles. The monoisotopic (exact) mass is 495 g/mol. The quantitative estimate of drug-likeness (QED) is 0.459. The molecule has 0 amide bonds. The van der Waals surface area contributed by atoms with Crippen molar-refractivity contribution in [2.75, 3.05) is 0 Å². The van der Waals surface area contributed by atoms with Crippen LogP contribution in [0.5, 0.6) is 5.75 Å². The molecule has 0 aliphatic heterocycles. The first kappa shape index (κ1) is 25.4. The van der Waals surface area contributed by atoms with E-state index in [1.165, 1.54) is 6.07 Å². The molecule has 34 heavy (non-hydrogen) atoms. The number of hydrogen-bond donors (Lipinski definition) is 0. The average Bonchev–Trinajstić information content (AvgIpc) is 3.49. The number of halogens is 3. The number of carboxylic acids is 1. The minimum absolute atomic E-state index is 0. The Balaban J connectivity index is 0.00000274. The third-order valence-corrected chi connectivity index (χ3v) is 7.01. The smallest absolute Gasteiger partial charge is 0.660 e. The number of aromatic nitrogens is 1. The van der Waals surface area contributed by atoms with E-state index in [0.29, 0.717) is 16.9 Å². The zero-order valence-corrected chi connectivity index (χ0v) is 21.0. The molecule has 1 saturated carbocycles. The second-order valence-corrected chi connectivity index (χ2v) is 9.16. The zero-order valence-electron chi connectivity index (χ0n) is 18.8. The number of aryl methyl sites for hydroxylation is 1. The summed E-state index contributed by atoms with van der Waals surface area (Å²) in [5.74, 6) is -0.691. The van der Waals surface area contributed by atoms with E-state index in [1.807, 2.05) is 12.1 Å². The molecule has 0 saturated heterocycles. The maximum absolute atomic E-state index is 13.7. The predicted octanol–water partition coefficient (Wildman–Crippen LogP) is 4.84. The van der Waals surface area contributed by atoms with Crippen LogP contribution in [0.1, 0.15) is 78.3 Å². The van der Waals surface area contributed by atoms with Gasteiger partial charge in [0.05, 0.1) is 5.56 Å². The van der Waals surface area contributed by atoms with E-state index < -0.39 is 17.7 Å². The van der Waals surface area contributed by atoms with Crippen molar-refractivity contribution in [3.63, 3.8) is 0 Å². The Morgan fingerprint density at radius 3 is 2.56 bits per heavy atom. The number of nitrogens with zero attached hydrogens (tertiary/aromatic N) is 1. The van der Waals surface area contributed by atoms with Crippen LogP contribution in [0, 0.1) is 0 Å². The maximum atomic E-state index is 13.7. The number of ether oxygens (including phenoxy) is 1. The van der Waals surface area contributed by atoms with Crippen molar-refractivity contribution < 1.29 is 27.8 Å². The fourth-order valence-corrected chi connectivity index (χ4v) is 5.43. The number of rotatable bonds is 6. The summed E-state index contributed by atoms with van der Waals surface area (Å²) in [6, 6.07) is 9.97. The van der Waals surface area contributed by atoms with E-state index in [0.717, 1.165) is 60.7 Å². The van der Waals surface area contributed by atoms with Gasteiger partial charge in [-0.25, -0.2) is 0 Å². The van der Waals surface area contributed by atoms with Crippen LogP contribution < -0.4 is 14.8 Å². The summed E-state index contributed by atoms with van der Waals surface area (Å²) < 4.78 is 47.1. The molecule has 0 N–H and O–H groups in total. The fraction of sp³-hybridized carbons (Fsp3) is 0.423. The molecule has 5 rings (SSSR count). The molecule has 0 radical (unpaired) electrons. The van der Waals surface area contributed by atoms with Crippen LogP contribution in [0.3, 0.4) is 0 Å². The molecular weight excluding hydrogens is 471 g/mol. The first-order chi connectivity index (χ1) is 15.8. The Hall–Kier alpha value is -1.70. The SMILES string of the molecule is O=C([O-])C[C@H]1CCc2c1[n-]c1ccc(OCc3ccc(C4CCCC4)c(C(F)(F)F)c3)cc21.[Ca+2]. The fourth-order valence-electron chi connectivity index (χ4n) is 5.43. The van der Waals surface area contributed by atoms with Crippen molar-refractivity contribution in [2.45, 2.75) is 69.6 Å². The minimum atomic E-state index is -4.39. The summed E-state index contributed by atoms with van der Waals surface area (Å²) in [6.45, 7) is 0.0309. The van der Waals surface area contributed by atoms with Gasteiger partial charge in [-0.3, -0.25) is 0 Å². The molecule has 1 atom stereocenters. The minimum Gasteiger partial charge on any atom is -0.660 e. The van der Waals surface area contributed by atoms with Crippen molar-refractivity contribution >= 4 is 54.6 Å². The standard InChI is InChI=1S/C26H25F3NO3.Ca/c27-26(28,29)22-11-15(5-8-19(22)16-3-1-2-4-16)14-33-18-7-10-23-21(13-18)20-9-6-17(12-24(31)32)25(20)30-23;/h5,7-8,10-11,13,16-17H,1-4,6,9,12,14H2,(H,31,32);/q-1;+2/p-1/t17-;/m1./s1. The Kier molecular flexibility index (Phi) is 7.55. The molecule has 1 heterocycles. The summed E-state index contributed by atoms with van der Waals surface area (Å²) in [4.78, 5) is 15.6. The maximum Gasteiger partial charge on any atom is 2.00 e. The molecule has 8 heteroatoms. The number of carbonyl (C=O) groups excluding carboxylic acids is 1. The van der Waals surface area contributed by atoms with Gasteiger partial charge in [-0.15, -0.1) is 5.52 Å². The third kappa shape index (κ3) is 5.12. The van der Waals surface area contributed by atoms with E-state index in [9.17, 15) is 23.1 Å². The molecule has 2 aliphatic carbocycles. The first-order valence-corrected chi connectivity index (χ1v) is 11.4. The Morgan fingerprint density at radius 1 is 1.09 bits per heavy atom. The number of hydrogen-bond acceptors (Lipinski definition) is 3. The second-order valence-electron chi connectivity index (χ2n) is 9.16. The van der Waals surface area contributed by atoms with Gasteiger partial charge in [-0.2, -0.15) is 18.9 Å². The van der Waals surface area contributed by atoms with Crippen LogP contribution in [0.25, 0.3) is 10.9 Å². The van der Waals surface area contributed by atoms with Gasteiger partial charge in [0.25, 0.3) is 0 Å². The van der Waals surface area contributed by atoms with Crippen molar-refractivity contribution in [1.29, 1.82) is 0 Å². The van der Waals surface area contributed by atoms with Gasteiger partial charge in [0.2, 0.25) is 0 Å². The van der Waals surface area contributed by atoms with Crippen LogP contribution in [-0.4, -0.2) is 43.7 Å². The number of fused-ring (bicyclic) bond motifs is 3. The van der Waals surface area contributed by atoms with E-state index >= 15 is 0 Å². The molecule has 2 aliphatic rings. The molecule has 0 spiro atoms. The summed E-state index contributed by atoms with van der Waals surface area (Å²) >= 11 is 0. The summed E-state index contributed by atoms with van der Waals surface area (Å²) in [6.07, 6.45) is 0.591. The molecule has 2 aromatic carbocycles. The number of carbonyl (C=O) groups is 1. The first-order valence-electron chi connectivity index (χ1n) is 11.4. The predicted molar refractivity (Wildman–Crippen MR) is 121 cm³/mol. The normalized spacial score (nSPS) is 18.1. The van der Waals surface area contributed by atoms with E-state index in [2.05, 4.69) is 4.98 Å². The topological polar surface area (TPSA) is 63.5 Å². The molecule has 1 fully saturated rings. The van der Waals surface area contributed by atoms with Crippen molar-refractivity contribution in [1.82, 2.24) is 4.98 Å². The molecule has 3 aromatic rings. The van der Waals surface area contributed by atoms with Crippen LogP contribution in [0.4, 0.5) is 13.2 Å². The molecule has 174 valence electrons. The van der Waals surface area contributed by atoms with Gasteiger partial charge in [0.1, 0.15) is 12.4 Å². The Bertz CT molecular complexity index is 1200. The Labute approximate surface area is 225 Å². The second kappa shape index (κ2) is 10.1. The third-order valence-electron chi connectivity index (χ3n) is 7.01. The summed E-state index contributed by atoms with van der Waals surface area (Å²) in [7, 11) is 0. The van der Waals surface area contributed by atoms with E-state index in [1.54, 1.807) is 18.2 Å². The Morgan fingerprint density at radius 2 is 1.85 bits per heavy atom. The molecule has 0 unspecified atom stereocenters. The number of alkyl halides is 3. The van der Waals surface area contributed by atoms with Gasteiger partial charge in [0, 0.05) is 5.97 Å². The largest absolute Gasteiger partial charge is 2.00 e.